The van der Waals surface area contributed by atoms with Crippen molar-refractivity contribution in [3.63, 3.8) is 0 Å². The minimum Gasteiger partial charge on any atom is -0.460 e. The van der Waals surface area contributed by atoms with E-state index in [4.69, 9.17) is 9.31 Å². The molecule has 0 aromatic carbocycles. The summed E-state index contributed by atoms with van der Waals surface area (Å²) >= 11 is 0.989. The van der Waals surface area contributed by atoms with Crippen molar-refractivity contribution < 1.29 is 27.2 Å². The molecule has 1 fully saturated rings. The topological polar surface area (TPSA) is 40.6 Å². The van der Waals surface area contributed by atoms with Gasteiger partial charge in [-0.3, -0.25) is 0 Å². The SMILES string of the molecule is CC1(C)OB(c2cnc(OCC(F)(F)F)s2)OC1(C)C. The first-order valence-electron chi connectivity index (χ1n) is 6.01. The first-order valence-corrected chi connectivity index (χ1v) is 6.83. The zero-order chi connectivity index (χ0) is 15.2. The van der Waals surface area contributed by atoms with Gasteiger partial charge in [-0.2, -0.15) is 13.2 Å². The average Bonchev–Trinajstić information content (AvgIpc) is 2.79. The van der Waals surface area contributed by atoms with E-state index >= 15 is 0 Å². The van der Waals surface area contributed by atoms with Crippen molar-refractivity contribution in [1.29, 1.82) is 0 Å². The van der Waals surface area contributed by atoms with Crippen molar-refractivity contribution in [3.8, 4) is 5.19 Å². The van der Waals surface area contributed by atoms with Gasteiger partial charge in [0.15, 0.2) is 6.61 Å². The van der Waals surface area contributed by atoms with E-state index in [9.17, 15) is 13.2 Å². The summed E-state index contributed by atoms with van der Waals surface area (Å²) in [5.74, 6) is 0. The van der Waals surface area contributed by atoms with Gasteiger partial charge in [-0.15, -0.1) is 0 Å². The monoisotopic (exact) mass is 309 g/mol. The molecule has 0 saturated carbocycles. The second-order valence-electron chi connectivity index (χ2n) is 5.52. The van der Waals surface area contributed by atoms with Crippen LogP contribution in [0, 0.1) is 0 Å². The molecule has 0 amide bonds. The molecule has 0 unspecified atom stereocenters. The molecule has 112 valence electrons. The van der Waals surface area contributed by atoms with E-state index in [1.807, 2.05) is 27.7 Å². The minimum absolute atomic E-state index is 0.0490. The van der Waals surface area contributed by atoms with Crippen molar-refractivity contribution in [1.82, 2.24) is 4.98 Å². The number of halogens is 3. The third-order valence-corrected chi connectivity index (χ3v) is 4.28. The summed E-state index contributed by atoms with van der Waals surface area (Å²) in [5.41, 5.74) is -1.01. The van der Waals surface area contributed by atoms with Gasteiger partial charge in [0, 0.05) is 6.20 Å². The van der Waals surface area contributed by atoms with Crippen LogP contribution in [-0.4, -0.2) is 36.1 Å². The smallest absolute Gasteiger partial charge is 0.460 e. The molecule has 0 N–H and O–H groups in total. The summed E-state index contributed by atoms with van der Waals surface area (Å²) < 4.78 is 52.9. The summed E-state index contributed by atoms with van der Waals surface area (Å²) in [6.45, 7) is 6.23. The molecule has 1 aromatic rings. The zero-order valence-corrected chi connectivity index (χ0v) is 12.4. The molecule has 4 nitrogen and oxygen atoms in total. The summed E-state index contributed by atoms with van der Waals surface area (Å²) in [4.78, 5) is 3.80. The van der Waals surface area contributed by atoms with E-state index in [0.29, 0.717) is 4.78 Å². The Morgan fingerprint density at radius 3 is 2.30 bits per heavy atom. The Hall–Kier alpha value is -0.795. The summed E-state index contributed by atoms with van der Waals surface area (Å²) in [6.07, 6.45) is -2.96. The van der Waals surface area contributed by atoms with Crippen molar-refractivity contribution >= 4 is 23.2 Å². The van der Waals surface area contributed by atoms with E-state index in [2.05, 4.69) is 9.72 Å². The number of rotatable bonds is 3. The van der Waals surface area contributed by atoms with Crippen LogP contribution in [0.4, 0.5) is 13.2 Å². The fraction of sp³-hybridized carbons (Fsp3) is 0.727. The Morgan fingerprint density at radius 1 is 1.25 bits per heavy atom. The van der Waals surface area contributed by atoms with Gasteiger partial charge in [0.25, 0.3) is 5.19 Å². The third-order valence-electron chi connectivity index (χ3n) is 3.35. The third kappa shape index (κ3) is 3.26. The highest BCUT2D eigenvalue weighted by Gasteiger charge is 2.52. The van der Waals surface area contributed by atoms with E-state index in [-0.39, 0.29) is 5.19 Å². The molecular weight excluding hydrogens is 294 g/mol. The maximum Gasteiger partial charge on any atom is 0.507 e. The van der Waals surface area contributed by atoms with E-state index in [1.54, 1.807) is 0 Å². The quantitative estimate of drug-likeness (QED) is 0.804. The van der Waals surface area contributed by atoms with Gasteiger partial charge in [0.1, 0.15) is 0 Å². The predicted molar refractivity (Wildman–Crippen MR) is 69.4 cm³/mol. The molecule has 0 atom stereocenters. The predicted octanol–water partition coefficient (Wildman–Crippen LogP) is 2.38. The van der Waals surface area contributed by atoms with E-state index in [1.165, 1.54) is 6.20 Å². The zero-order valence-electron chi connectivity index (χ0n) is 11.6. The normalized spacial score (nSPS) is 21.2. The summed E-state index contributed by atoms with van der Waals surface area (Å²) in [7, 11) is -0.638. The number of hydrogen-bond donors (Lipinski definition) is 0. The van der Waals surface area contributed by atoms with Crippen LogP contribution in [0.2, 0.25) is 0 Å². The highest BCUT2D eigenvalue weighted by atomic mass is 32.1. The highest BCUT2D eigenvalue weighted by molar-refractivity contribution is 7.23. The van der Waals surface area contributed by atoms with Gasteiger partial charge in [-0.25, -0.2) is 4.98 Å². The van der Waals surface area contributed by atoms with E-state index in [0.717, 1.165) is 11.3 Å². The molecule has 1 saturated heterocycles. The van der Waals surface area contributed by atoms with Gasteiger partial charge in [-0.1, -0.05) is 11.3 Å². The van der Waals surface area contributed by atoms with Crippen LogP contribution in [0.3, 0.4) is 0 Å². The molecule has 1 aliphatic heterocycles. The fourth-order valence-corrected chi connectivity index (χ4v) is 2.27. The number of hydrogen-bond acceptors (Lipinski definition) is 5. The van der Waals surface area contributed by atoms with Gasteiger partial charge >= 0.3 is 13.3 Å². The minimum atomic E-state index is -4.38. The van der Waals surface area contributed by atoms with Crippen LogP contribution in [0.5, 0.6) is 5.19 Å². The molecule has 0 spiro atoms. The summed E-state index contributed by atoms with van der Waals surface area (Å²) in [6, 6.07) is 0. The summed E-state index contributed by atoms with van der Waals surface area (Å²) in [5, 5.41) is -0.0490. The Labute approximate surface area is 119 Å². The van der Waals surface area contributed by atoms with Crippen LogP contribution < -0.4 is 9.51 Å². The second-order valence-corrected chi connectivity index (χ2v) is 6.55. The van der Waals surface area contributed by atoms with Gasteiger partial charge in [-0.05, 0) is 27.7 Å². The van der Waals surface area contributed by atoms with Gasteiger partial charge in [0.05, 0.1) is 16.0 Å². The fourth-order valence-electron chi connectivity index (χ4n) is 1.55. The Bertz CT molecular complexity index is 474. The van der Waals surface area contributed by atoms with Crippen molar-refractivity contribution in [2.24, 2.45) is 0 Å². The van der Waals surface area contributed by atoms with Crippen LogP contribution >= 0.6 is 11.3 Å². The maximum atomic E-state index is 12.1. The number of alkyl halides is 3. The lowest BCUT2D eigenvalue weighted by Gasteiger charge is -2.32. The molecule has 20 heavy (non-hydrogen) atoms. The standard InChI is InChI=1S/C11H15BF3NO3S/c1-9(2)10(3,4)19-12(18-9)7-5-16-8(20-7)17-6-11(13,14)15/h5H,6H2,1-4H3. The first-order chi connectivity index (χ1) is 9.00. The molecule has 1 aliphatic rings. The average molecular weight is 309 g/mol. The number of thiazole rings is 1. The Morgan fingerprint density at radius 2 is 1.80 bits per heavy atom. The van der Waals surface area contributed by atoms with Crippen molar-refractivity contribution in [2.75, 3.05) is 6.61 Å². The molecular formula is C11H15BF3NO3S. The molecule has 2 heterocycles. The van der Waals surface area contributed by atoms with Crippen molar-refractivity contribution in [2.45, 2.75) is 45.1 Å². The number of ether oxygens (including phenoxy) is 1. The lowest BCUT2D eigenvalue weighted by Crippen LogP contribution is -2.41. The van der Waals surface area contributed by atoms with Crippen LogP contribution in [0.15, 0.2) is 6.20 Å². The van der Waals surface area contributed by atoms with Crippen LogP contribution in [0.25, 0.3) is 0 Å². The van der Waals surface area contributed by atoms with Crippen molar-refractivity contribution in [3.05, 3.63) is 6.20 Å². The molecule has 0 aliphatic carbocycles. The Kier molecular flexibility index (Phi) is 3.81. The Balaban J connectivity index is 2.04. The van der Waals surface area contributed by atoms with E-state index < -0.39 is 31.1 Å². The highest BCUT2D eigenvalue weighted by Crippen LogP contribution is 2.37. The molecule has 2 rings (SSSR count). The second kappa shape index (κ2) is 4.89. The van der Waals surface area contributed by atoms with Crippen LogP contribution in [-0.2, 0) is 9.31 Å². The van der Waals surface area contributed by atoms with Gasteiger partial charge < -0.3 is 14.0 Å². The lowest BCUT2D eigenvalue weighted by molar-refractivity contribution is -0.153. The number of aromatic nitrogens is 1. The largest absolute Gasteiger partial charge is 0.507 e. The molecule has 1 aromatic heterocycles. The first kappa shape index (κ1) is 15.6. The number of nitrogens with zero attached hydrogens (tertiary/aromatic N) is 1. The van der Waals surface area contributed by atoms with Gasteiger partial charge in [0.2, 0.25) is 0 Å². The molecule has 0 radical (unpaired) electrons. The molecule has 9 heteroatoms. The maximum absolute atomic E-state index is 12.1. The molecule has 0 bridgehead atoms. The lowest BCUT2D eigenvalue weighted by atomic mass is 9.89. The van der Waals surface area contributed by atoms with Crippen LogP contribution in [0.1, 0.15) is 27.7 Å².